The minimum atomic E-state index is -3.34. The molecule has 8 heteroatoms. The topological polar surface area (TPSA) is 88.1 Å². The van der Waals surface area contributed by atoms with Gasteiger partial charge in [-0.3, -0.25) is 9.79 Å². The molecule has 0 saturated carbocycles. The van der Waals surface area contributed by atoms with Gasteiger partial charge in [0.15, 0.2) is 15.8 Å². The summed E-state index contributed by atoms with van der Waals surface area (Å²) in [5.41, 5.74) is 0. The summed E-state index contributed by atoms with van der Waals surface area (Å²) in [5.74, 6) is 0.300. The summed E-state index contributed by atoms with van der Waals surface area (Å²) in [4.78, 5) is 18.3. The van der Waals surface area contributed by atoms with Crippen LogP contribution in [0.25, 0.3) is 0 Å². The third-order valence-corrected chi connectivity index (χ3v) is 6.12. The Labute approximate surface area is 149 Å². The highest BCUT2D eigenvalue weighted by atomic mass is 32.2. The number of rotatable bonds is 5. The first-order valence-corrected chi connectivity index (χ1v) is 9.85. The molecule has 0 bridgehead atoms. The van der Waals surface area contributed by atoms with Crippen LogP contribution >= 0.6 is 0 Å². The molecule has 1 aliphatic heterocycles. The van der Waals surface area contributed by atoms with Crippen LogP contribution in [0, 0.1) is 11.8 Å². The Hall–Kier alpha value is -2.09. The Bertz CT molecular complexity index is 719. The highest BCUT2D eigenvalue weighted by Crippen LogP contribution is 2.24. The minimum absolute atomic E-state index is 0.0279. The number of benzene rings is 1. The van der Waals surface area contributed by atoms with E-state index in [-0.39, 0.29) is 30.1 Å². The van der Waals surface area contributed by atoms with Gasteiger partial charge in [-0.25, -0.2) is 8.42 Å². The highest BCUT2D eigenvalue weighted by molar-refractivity contribution is 7.91. The summed E-state index contributed by atoms with van der Waals surface area (Å²) in [7, 11) is -0.306. The smallest absolute Gasteiger partial charge is 0.310 e. The number of esters is 1. The van der Waals surface area contributed by atoms with Crippen LogP contribution in [-0.4, -0.2) is 64.8 Å². The predicted molar refractivity (Wildman–Crippen MR) is 96.1 cm³/mol. The number of aliphatic imine (C=N–C) groups is 1. The molecular formula is C17H25N3O4S. The van der Waals surface area contributed by atoms with Crippen molar-refractivity contribution in [3.63, 3.8) is 0 Å². The molecule has 0 radical (unpaired) electrons. The molecule has 2 unspecified atom stereocenters. The van der Waals surface area contributed by atoms with Crippen molar-refractivity contribution >= 4 is 21.8 Å². The number of likely N-dealkylation sites (tertiary alicyclic amines) is 1. The van der Waals surface area contributed by atoms with Crippen molar-refractivity contribution in [2.45, 2.75) is 11.8 Å². The molecule has 0 aliphatic carbocycles. The number of nitrogens with one attached hydrogen (secondary N) is 1. The zero-order chi connectivity index (χ0) is 18.4. The number of hydrogen-bond donors (Lipinski definition) is 1. The average molecular weight is 367 g/mol. The minimum Gasteiger partial charge on any atom is -0.469 e. The lowest BCUT2D eigenvalue weighted by Crippen LogP contribution is -2.42. The molecule has 1 aromatic carbocycles. The first kappa shape index (κ1) is 19.2. The Morgan fingerprint density at radius 2 is 2.00 bits per heavy atom. The van der Waals surface area contributed by atoms with Crippen LogP contribution in [0.15, 0.2) is 40.2 Å². The number of carbonyl (C=O) groups is 1. The van der Waals surface area contributed by atoms with Crippen LogP contribution in [-0.2, 0) is 19.4 Å². The lowest BCUT2D eigenvalue weighted by molar-refractivity contribution is -0.145. The maximum absolute atomic E-state index is 12.3. The Balaban J connectivity index is 1.92. The van der Waals surface area contributed by atoms with Gasteiger partial charge < -0.3 is 15.0 Å². The van der Waals surface area contributed by atoms with E-state index in [2.05, 4.69) is 10.3 Å². The lowest BCUT2D eigenvalue weighted by atomic mass is 9.99. The summed E-state index contributed by atoms with van der Waals surface area (Å²) >= 11 is 0. The fourth-order valence-electron chi connectivity index (χ4n) is 2.97. The molecule has 0 spiro atoms. The largest absolute Gasteiger partial charge is 0.469 e. The summed E-state index contributed by atoms with van der Waals surface area (Å²) in [6, 6.07) is 8.38. The normalized spacial score (nSPS) is 21.2. The van der Waals surface area contributed by atoms with Crippen molar-refractivity contribution in [1.82, 2.24) is 10.2 Å². The maximum atomic E-state index is 12.3. The van der Waals surface area contributed by atoms with Gasteiger partial charge in [0.1, 0.15) is 0 Å². The van der Waals surface area contributed by atoms with Crippen molar-refractivity contribution in [3.8, 4) is 0 Å². The van der Waals surface area contributed by atoms with E-state index in [9.17, 15) is 13.2 Å². The predicted octanol–water partition coefficient (Wildman–Crippen LogP) is 0.777. The van der Waals surface area contributed by atoms with Crippen LogP contribution in [0.4, 0.5) is 0 Å². The quantitative estimate of drug-likeness (QED) is 0.470. The molecular weight excluding hydrogens is 342 g/mol. The first-order valence-electron chi connectivity index (χ1n) is 8.20. The monoisotopic (exact) mass is 367 g/mol. The van der Waals surface area contributed by atoms with Crippen LogP contribution in [0.5, 0.6) is 0 Å². The van der Waals surface area contributed by atoms with E-state index in [1.54, 1.807) is 37.4 Å². The second-order valence-corrected chi connectivity index (χ2v) is 8.23. The number of guanidine groups is 1. The van der Waals surface area contributed by atoms with Gasteiger partial charge in [0.2, 0.25) is 0 Å². The van der Waals surface area contributed by atoms with E-state index in [1.165, 1.54) is 7.11 Å². The molecule has 1 saturated heterocycles. The first-order chi connectivity index (χ1) is 11.9. The lowest BCUT2D eigenvalue weighted by Gasteiger charge is -2.21. The molecule has 1 fully saturated rings. The Morgan fingerprint density at radius 1 is 1.32 bits per heavy atom. The zero-order valence-electron chi connectivity index (χ0n) is 14.8. The fourth-order valence-corrected chi connectivity index (χ4v) is 4.15. The van der Waals surface area contributed by atoms with Crippen LogP contribution in [0.2, 0.25) is 0 Å². The molecule has 2 rings (SSSR count). The second kappa shape index (κ2) is 8.33. The fraction of sp³-hybridized carbons (Fsp3) is 0.529. The van der Waals surface area contributed by atoms with Crippen LogP contribution < -0.4 is 5.32 Å². The average Bonchev–Trinajstić information content (AvgIpc) is 3.00. The van der Waals surface area contributed by atoms with Crippen molar-refractivity contribution < 1.29 is 17.9 Å². The van der Waals surface area contributed by atoms with Gasteiger partial charge in [-0.15, -0.1) is 0 Å². The molecule has 0 amide bonds. The van der Waals surface area contributed by atoms with E-state index in [0.29, 0.717) is 23.9 Å². The van der Waals surface area contributed by atoms with E-state index >= 15 is 0 Å². The van der Waals surface area contributed by atoms with E-state index in [1.807, 2.05) is 11.8 Å². The van der Waals surface area contributed by atoms with E-state index < -0.39 is 9.84 Å². The summed E-state index contributed by atoms with van der Waals surface area (Å²) in [5, 5.41) is 3.08. The molecule has 2 atom stereocenters. The molecule has 1 aliphatic rings. The number of nitrogens with zero attached hydrogens (tertiary/aromatic N) is 2. The van der Waals surface area contributed by atoms with E-state index in [0.717, 1.165) is 0 Å². The van der Waals surface area contributed by atoms with Gasteiger partial charge in [-0.2, -0.15) is 0 Å². The van der Waals surface area contributed by atoms with Crippen LogP contribution in [0.1, 0.15) is 6.92 Å². The number of carbonyl (C=O) groups excluding carboxylic acids is 1. The van der Waals surface area contributed by atoms with Gasteiger partial charge in [0, 0.05) is 26.7 Å². The number of sulfone groups is 1. The van der Waals surface area contributed by atoms with Gasteiger partial charge in [-0.05, 0) is 18.1 Å². The van der Waals surface area contributed by atoms with Crippen molar-refractivity contribution in [1.29, 1.82) is 0 Å². The van der Waals surface area contributed by atoms with Gasteiger partial charge >= 0.3 is 5.97 Å². The second-order valence-electron chi connectivity index (χ2n) is 6.12. The standard InChI is InChI=1S/C17H25N3O4S/c1-13-11-20(12-15(13)16(21)24-3)17(18-2)19-9-10-25(22,23)14-7-5-4-6-8-14/h4-8,13,15H,9-12H2,1-3H3,(H,18,19). The van der Waals surface area contributed by atoms with Gasteiger partial charge in [0.25, 0.3) is 0 Å². The number of hydrogen-bond acceptors (Lipinski definition) is 5. The summed E-state index contributed by atoms with van der Waals surface area (Å²) in [6.45, 7) is 3.43. The Morgan fingerprint density at radius 3 is 2.60 bits per heavy atom. The number of ether oxygens (including phenoxy) is 1. The third-order valence-electron chi connectivity index (χ3n) is 4.38. The molecule has 0 aromatic heterocycles. The molecule has 1 N–H and O–H groups in total. The van der Waals surface area contributed by atoms with E-state index in [4.69, 9.17) is 4.74 Å². The summed E-state index contributed by atoms with van der Waals surface area (Å²) in [6.07, 6.45) is 0. The zero-order valence-corrected chi connectivity index (χ0v) is 15.6. The molecule has 7 nitrogen and oxygen atoms in total. The molecule has 138 valence electrons. The van der Waals surface area contributed by atoms with Crippen molar-refractivity contribution in [2.75, 3.05) is 39.5 Å². The third kappa shape index (κ3) is 4.72. The number of methoxy groups -OCH3 is 1. The van der Waals surface area contributed by atoms with Crippen LogP contribution in [0.3, 0.4) is 0 Å². The maximum Gasteiger partial charge on any atom is 0.310 e. The SMILES string of the molecule is CN=C(NCCS(=O)(=O)c1ccccc1)N1CC(C)C(C(=O)OC)C1. The molecule has 25 heavy (non-hydrogen) atoms. The molecule has 1 heterocycles. The van der Waals surface area contributed by atoms with Crippen molar-refractivity contribution in [2.24, 2.45) is 16.8 Å². The van der Waals surface area contributed by atoms with Gasteiger partial charge in [-0.1, -0.05) is 25.1 Å². The Kier molecular flexibility index (Phi) is 6.41. The molecule has 1 aromatic rings. The summed E-state index contributed by atoms with van der Waals surface area (Å²) < 4.78 is 29.4. The highest BCUT2D eigenvalue weighted by Gasteiger charge is 2.36. The van der Waals surface area contributed by atoms with Crippen molar-refractivity contribution in [3.05, 3.63) is 30.3 Å². The van der Waals surface area contributed by atoms with Gasteiger partial charge in [0.05, 0.1) is 23.7 Å².